The fourth-order valence-corrected chi connectivity index (χ4v) is 10.9. The van der Waals surface area contributed by atoms with E-state index in [0.717, 1.165) is 39.8 Å². The Morgan fingerprint density at radius 3 is 1.20 bits per heavy atom. The van der Waals surface area contributed by atoms with Gasteiger partial charge in [-0.3, -0.25) is 0 Å². The molecule has 0 N–H and O–H groups in total. The molecule has 6 heteroatoms. The van der Waals surface area contributed by atoms with Crippen LogP contribution in [0.3, 0.4) is 0 Å². The molecule has 6 aromatic carbocycles. The summed E-state index contributed by atoms with van der Waals surface area (Å²) >= 11 is 0. The second-order valence-electron chi connectivity index (χ2n) is 20.1. The largest absolute Gasteiger partial charge is 0.208 e. The van der Waals surface area contributed by atoms with Crippen LogP contribution in [0.5, 0.6) is 0 Å². The van der Waals surface area contributed by atoms with E-state index in [1.807, 2.05) is 0 Å². The van der Waals surface area contributed by atoms with Crippen molar-refractivity contribution < 1.29 is 0 Å². The quantitative estimate of drug-likeness (QED) is 0.166. The molecule has 1 unspecified atom stereocenters. The van der Waals surface area contributed by atoms with Crippen molar-refractivity contribution in [3.63, 3.8) is 0 Å². The molecule has 66 heavy (non-hydrogen) atoms. The van der Waals surface area contributed by atoms with Crippen LogP contribution in [0.4, 0.5) is 0 Å². The van der Waals surface area contributed by atoms with Crippen LogP contribution in [0.25, 0.3) is 80.0 Å². The molecule has 0 spiro atoms. The van der Waals surface area contributed by atoms with Crippen molar-refractivity contribution in [1.29, 1.82) is 0 Å². The van der Waals surface area contributed by atoms with Crippen LogP contribution in [-0.4, -0.2) is 29.9 Å². The fraction of sp³-hybridized carbons (Fsp3) is 0.233. The first kappa shape index (κ1) is 41.5. The zero-order valence-electron chi connectivity index (χ0n) is 39.6. The van der Waals surface area contributed by atoms with E-state index in [4.69, 9.17) is 29.9 Å². The number of aryl methyl sites for hydroxylation is 6. The Hall–Kier alpha value is -7.18. The molecule has 6 nitrogen and oxygen atoms in total. The minimum atomic E-state index is -0.249. The molecule has 8 aromatic rings. The number of rotatable bonds is 6. The van der Waals surface area contributed by atoms with E-state index in [9.17, 15) is 0 Å². The molecule has 0 fully saturated rings. The Bertz CT molecular complexity index is 3220. The highest BCUT2D eigenvalue weighted by Crippen LogP contribution is 2.68. The molecular weight excluding hydrogens is 805 g/mol. The summed E-state index contributed by atoms with van der Waals surface area (Å²) in [6.07, 6.45) is 3.43. The topological polar surface area (TPSA) is 77.3 Å². The van der Waals surface area contributed by atoms with Crippen LogP contribution in [-0.2, 0) is 6.42 Å². The van der Waals surface area contributed by atoms with E-state index in [2.05, 4.69) is 197 Å². The lowest BCUT2D eigenvalue weighted by molar-refractivity contribution is 0.328. The number of nitrogens with zero attached hydrogens (tertiary/aromatic N) is 6. The Labute approximate surface area is 388 Å². The predicted molar refractivity (Wildman–Crippen MR) is 270 cm³/mol. The van der Waals surface area contributed by atoms with Crippen molar-refractivity contribution in [3.8, 4) is 68.3 Å². The van der Waals surface area contributed by atoms with Gasteiger partial charge in [0.25, 0.3) is 0 Å². The van der Waals surface area contributed by atoms with Crippen LogP contribution >= 0.6 is 0 Å². The van der Waals surface area contributed by atoms with E-state index in [1.54, 1.807) is 0 Å². The van der Waals surface area contributed by atoms with Crippen LogP contribution in [0.15, 0.2) is 132 Å². The summed E-state index contributed by atoms with van der Waals surface area (Å²) in [4.78, 5) is 30.9. The lowest BCUT2D eigenvalue weighted by Crippen LogP contribution is -2.36. The van der Waals surface area contributed by atoms with E-state index in [0.29, 0.717) is 34.9 Å². The maximum Gasteiger partial charge on any atom is 0.164 e. The molecule has 1 atom stereocenters. The molecule has 0 bridgehead atoms. The molecule has 2 heterocycles. The number of hydrogen-bond acceptors (Lipinski definition) is 6. The van der Waals surface area contributed by atoms with Gasteiger partial charge in [0.15, 0.2) is 34.9 Å². The van der Waals surface area contributed by atoms with Crippen LogP contribution in [0.2, 0.25) is 0 Å². The average Bonchev–Trinajstić information content (AvgIpc) is 3.93. The first-order valence-corrected chi connectivity index (χ1v) is 23.2. The second-order valence-corrected chi connectivity index (χ2v) is 20.1. The number of benzene rings is 6. The molecule has 3 aliphatic rings. The zero-order chi connectivity index (χ0) is 45.8. The maximum atomic E-state index is 5.19. The summed E-state index contributed by atoms with van der Waals surface area (Å²) in [5, 5.41) is 0. The van der Waals surface area contributed by atoms with Crippen LogP contribution in [0, 0.1) is 52.4 Å². The number of fused-ring (bicyclic) bond motifs is 5. The summed E-state index contributed by atoms with van der Waals surface area (Å²) < 4.78 is 0. The molecule has 0 amide bonds. The Kier molecular flexibility index (Phi) is 9.56. The number of hydrogen-bond donors (Lipinski definition) is 0. The zero-order valence-corrected chi connectivity index (χ0v) is 39.6. The van der Waals surface area contributed by atoms with Crippen molar-refractivity contribution in [2.45, 2.75) is 81.6 Å². The third-order valence-electron chi connectivity index (χ3n) is 14.6. The monoisotopic (exact) mass is 858 g/mol. The Balaban J connectivity index is 1.02. The molecule has 11 rings (SSSR count). The first-order valence-electron chi connectivity index (χ1n) is 23.2. The lowest BCUT2D eigenvalue weighted by atomic mass is 9.55. The van der Waals surface area contributed by atoms with Gasteiger partial charge in [-0.25, -0.2) is 29.9 Å². The molecule has 0 aliphatic heterocycles. The van der Waals surface area contributed by atoms with Gasteiger partial charge in [-0.15, -0.1) is 0 Å². The first-order chi connectivity index (χ1) is 31.6. The predicted octanol–water partition coefficient (Wildman–Crippen LogP) is 14.5. The smallest absolute Gasteiger partial charge is 0.164 e. The highest BCUT2D eigenvalue weighted by Gasteiger charge is 2.54. The Morgan fingerprint density at radius 1 is 0.424 bits per heavy atom. The maximum absolute atomic E-state index is 5.19. The Morgan fingerprint density at radius 2 is 0.788 bits per heavy atom. The molecule has 0 saturated heterocycles. The van der Waals surface area contributed by atoms with Crippen molar-refractivity contribution >= 4 is 11.6 Å². The van der Waals surface area contributed by atoms with Gasteiger partial charge in [0.2, 0.25) is 0 Å². The summed E-state index contributed by atoms with van der Waals surface area (Å²) in [5.74, 6) is 4.26. The van der Waals surface area contributed by atoms with Crippen LogP contribution < -0.4 is 0 Å². The minimum Gasteiger partial charge on any atom is -0.208 e. The lowest BCUT2D eigenvalue weighted by Gasteiger charge is -2.48. The van der Waals surface area contributed by atoms with Crippen LogP contribution in [0.1, 0.15) is 89.2 Å². The van der Waals surface area contributed by atoms with Gasteiger partial charge >= 0.3 is 0 Å². The average molecular weight is 859 g/mol. The van der Waals surface area contributed by atoms with Crippen molar-refractivity contribution in [1.82, 2.24) is 29.9 Å². The van der Waals surface area contributed by atoms with E-state index in [1.165, 1.54) is 72.4 Å². The van der Waals surface area contributed by atoms with Gasteiger partial charge in [-0.2, -0.15) is 0 Å². The molecule has 0 radical (unpaired) electrons. The molecule has 3 aliphatic carbocycles. The molecular formula is C60H54N6. The highest BCUT2D eigenvalue weighted by atomic mass is 15.0. The fourth-order valence-electron chi connectivity index (χ4n) is 10.9. The van der Waals surface area contributed by atoms with Gasteiger partial charge in [0.1, 0.15) is 0 Å². The summed E-state index contributed by atoms with van der Waals surface area (Å²) in [7, 11) is 0. The third kappa shape index (κ3) is 6.85. The van der Waals surface area contributed by atoms with Crippen molar-refractivity contribution in [3.05, 3.63) is 188 Å². The SMILES string of the molecule is Cc1ccc(-c2nc(-c3ccc(C)cc3)nc(-c3cc(C)c4c(c3)C3=C(C4)C(C)(C)C4C(=Cc5c(C)cc(-c6nc(-c7ccc(C)cc7)nc(-c7ccc(C)cc7)n6)cc54)C3(C)C)n2)cc1. The molecule has 324 valence electrons. The second kappa shape index (κ2) is 15.2. The minimum absolute atomic E-state index is 0.178. The summed E-state index contributed by atoms with van der Waals surface area (Å²) in [5.41, 5.74) is 22.6. The van der Waals surface area contributed by atoms with Gasteiger partial charge in [0.05, 0.1) is 0 Å². The van der Waals surface area contributed by atoms with Gasteiger partial charge in [-0.05, 0) is 117 Å². The van der Waals surface area contributed by atoms with E-state index < -0.39 is 0 Å². The van der Waals surface area contributed by atoms with Gasteiger partial charge in [-0.1, -0.05) is 164 Å². The van der Waals surface area contributed by atoms with Crippen molar-refractivity contribution in [2.75, 3.05) is 0 Å². The normalized spacial score (nSPS) is 16.4. The van der Waals surface area contributed by atoms with E-state index >= 15 is 0 Å². The number of allylic oxidation sites excluding steroid dienone is 3. The highest BCUT2D eigenvalue weighted by molar-refractivity contribution is 5.91. The molecule has 2 aromatic heterocycles. The van der Waals surface area contributed by atoms with Crippen molar-refractivity contribution in [2.24, 2.45) is 10.8 Å². The molecule has 0 saturated carbocycles. The van der Waals surface area contributed by atoms with Gasteiger partial charge < -0.3 is 0 Å². The third-order valence-corrected chi connectivity index (χ3v) is 14.6. The summed E-state index contributed by atoms with van der Waals surface area (Å²) in [6, 6.07) is 43.1. The van der Waals surface area contributed by atoms with E-state index in [-0.39, 0.29) is 16.7 Å². The summed E-state index contributed by atoms with van der Waals surface area (Å²) in [6.45, 7) is 22.7. The van der Waals surface area contributed by atoms with Gasteiger partial charge in [0, 0.05) is 44.7 Å². The standard InChI is InChI=1S/C60H54N6/c1-33-11-19-39(20-12-33)53-61-54(40-21-13-34(2)14-22-40)64-57(63-53)43-27-37(5)45-31-49-51(47(45)29-43)59(7,8)50-32-46-38(6)28-44(30-48(46)52(50)60(49,9)10)58-65-55(41-23-15-35(3)16-24-41)62-56(66-58)42-25-17-36(4)18-26-42/h11-31,51H,32H2,1-10H3. The number of aromatic nitrogens is 6.